The van der Waals surface area contributed by atoms with Crippen molar-refractivity contribution in [3.63, 3.8) is 0 Å². The number of nitrogens with one attached hydrogen (secondary N) is 1. The van der Waals surface area contributed by atoms with Crippen LogP contribution in [0, 0.1) is 5.82 Å². The summed E-state index contributed by atoms with van der Waals surface area (Å²) in [6.07, 6.45) is 1.92. The fourth-order valence-electron chi connectivity index (χ4n) is 2.28. The Morgan fingerprint density at radius 3 is 2.57 bits per heavy atom. The van der Waals surface area contributed by atoms with Crippen molar-refractivity contribution >= 4 is 11.6 Å². The summed E-state index contributed by atoms with van der Waals surface area (Å²) in [4.78, 5) is 14.4. The van der Waals surface area contributed by atoms with Gasteiger partial charge in [0.25, 0.3) is 5.91 Å². The molecule has 0 radical (unpaired) electrons. The normalized spacial score (nSPS) is 12.4. The minimum Gasteiger partial charge on any atom is -0.399 e. The highest BCUT2D eigenvalue weighted by Gasteiger charge is 2.11. The quantitative estimate of drug-likeness (QED) is 0.725. The van der Waals surface area contributed by atoms with Gasteiger partial charge in [0.15, 0.2) is 0 Å². The first-order valence-electron chi connectivity index (χ1n) is 7.55. The van der Waals surface area contributed by atoms with Gasteiger partial charge in [-0.1, -0.05) is 13.8 Å². The van der Waals surface area contributed by atoms with Crippen molar-refractivity contribution in [2.75, 3.05) is 25.4 Å². The maximum absolute atomic E-state index is 13.2. The summed E-state index contributed by atoms with van der Waals surface area (Å²) in [5, 5.41) is 2.88. The van der Waals surface area contributed by atoms with Crippen LogP contribution >= 0.6 is 0 Å². The molecule has 0 bridgehead atoms. The molecule has 21 heavy (non-hydrogen) atoms. The van der Waals surface area contributed by atoms with Crippen molar-refractivity contribution in [3.8, 4) is 0 Å². The highest BCUT2D eigenvalue weighted by molar-refractivity contribution is 5.95. The number of benzene rings is 1. The van der Waals surface area contributed by atoms with Gasteiger partial charge in [-0.2, -0.15) is 0 Å². The first kappa shape index (κ1) is 17.4. The van der Waals surface area contributed by atoms with Gasteiger partial charge in [-0.05, 0) is 57.6 Å². The molecule has 3 N–H and O–H groups in total. The summed E-state index contributed by atoms with van der Waals surface area (Å²) < 4.78 is 13.2. The Morgan fingerprint density at radius 1 is 1.33 bits per heavy atom. The molecule has 0 saturated carbocycles. The third-order valence-corrected chi connectivity index (χ3v) is 3.57. The molecule has 118 valence electrons. The van der Waals surface area contributed by atoms with E-state index in [4.69, 9.17) is 5.73 Å². The van der Waals surface area contributed by atoms with Crippen LogP contribution in [0.2, 0.25) is 0 Å². The second kappa shape index (κ2) is 8.62. The van der Waals surface area contributed by atoms with E-state index in [0.717, 1.165) is 32.5 Å². The number of rotatable bonds is 8. The van der Waals surface area contributed by atoms with Gasteiger partial charge in [-0.15, -0.1) is 0 Å². The van der Waals surface area contributed by atoms with Crippen LogP contribution in [0.15, 0.2) is 18.2 Å². The smallest absolute Gasteiger partial charge is 0.251 e. The number of amides is 1. The number of hydrogen-bond acceptors (Lipinski definition) is 3. The number of nitrogens with two attached hydrogens (primary N) is 1. The van der Waals surface area contributed by atoms with E-state index in [-0.39, 0.29) is 23.2 Å². The van der Waals surface area contributed by atoms with Crippen molar-refractivity contribution in [3.05, 3.63) is 29.6 Å². The van der Waals surface area contributed by atoms with Crippen LogP contribution in [0.1, 0.15) is 44.0 Å². The van der Waals surface area contributed by atoms with E-state index in [1.807, 2.05) is 6.92 Å². The Hall–Kier alpha value is -1.62. The van der Waals surface area contributed by atoms with E-state index >= 15 is 0 Å². The molecule has 1 unspecified atom stereocenters. The van der Waals surface area contributed by atoms with Gasteiger partial charge in [0.05, 0.1) is 0 Å². The monoisotopic (exact) mass is 295 g/mol. The van der Waals surface area contributed by atoms with Gasteiger partial charge in [-0.25, -0.2) is 4.39 Å². The Morgan fingerprint density at radius 2 is 2.00 bits per heavy atom. The summed E-state index contributed by atoms with van der Waals surface area (Å²) >= 11 is 0. The predicted molar refractivity (Wildman–Crippen MR) is 84.8 cm³/mol. The SMILES string of the molecule is CCN(CC)CCCC(C)NC(=O)c1cc(N)cc(F)c1. The van der Waals surface area contributed by atoms with E-state index in [1.54, 1.807) is 0 Å². The molecule has 1 aromatic carbocycles. The largest absolute Gasteiger partial charge is 0.399 e. The first-order valence-corrected chi connectivity index (χ1v) is 7.55. The van der Waals surface area contributed by atoms with Crippen molar-refractivity contribution in [1.82, 2.24) is 10.2 Å². The van der Waals surface area contributed by atoms with E-state index in [1.165, 1.54) is 18.2 Å². The number of anilines is 1. The molecule has 4 nitrogen and oxygen atoms in total. The molecule has 1 rings (SSSR count). The van der Waals surface area contributed by atoms with E-state index in [0.29, 0.717) is 0 Å². The molecular weight excluding hydrogens is 269 g/mol. The minimum atomic E-state index is -0.491. The number of halogens is 1. The summed E-state index contributed by atoms with van der Waals surface area (Å²) in [6, 6.07) is 3.94. The van der Waals surface area contributed by atoms with Gasteiger partial charge < -0.3 is 16.0 Å². The second-order valence-corrected chi connectivity index (χ2v) is 5.32. The molecule has 5 heteroatoms. The molecule has 0 aromatic heterocycles. The molecule has 0 saturated heterocycles. The average Bonchev–Trinajstić information content (AvgIpc) is 2.42. The lowest BCUT2D eigenvalue weighted by molar-refractivity contribution is 0.0937. The Labute approximate surface area is 126 Å². The highest BCUT2D eigenvalue weighted by Crippen LogP contribution is 2.11. The molecular formula is C16H26FN3O. The van der Waals surface area contributed by atoms with Crippen molar-refractivity contribution in [1.29, 1.82) is 0 Å². The fraction of sp³-hybridized carbons (Fsp3) is 0.562. The molecule has 0 fully saturated rings. The van der Waals surface area contributed by atoms with Crippen LogP contribution in [0.25, 0.3) is 0 Å². The van der Waals surface area contributed by atoms with Gasteiger partial charge in [0.1, 0.15) is 5.82 Å². The zero-order chi connectivity index (χ0) is 15.8. The molecule has 1 aromatic rings. The van der Waals surface area contributed by atoms with Crippen LogP contribution < -0.4 is 11.1 Å². The molecule has 1 amide bonds. The van der Waals surface area contributed by atoms with E-state index < -0.39 is 5.82 Å². The zero-order valence-corrected chi connectivity index (χ0v) is 13.2. The maximum Gasteiger partial charge on any atom is 0.251 e. The lowest BCUT2D eigenvalue weighted by Gasteiger charge is -2.19. The molecule has 0 spiro atoms. The Balaban J connectivity index is 2.43. The van der Waals surface area contributed by atoms with Crippen LogP contribution in [0.3, 0.4) is 0 Å². The summed E-state index contributed by atoms with van der Waals surface area (Å²) in [6.45, 7) is 9.36. The van der Waals surface area contributed by atoms with Crippen LogP contribution in [-0.4, -0.2) is 36.5 Å². The topological polar surface area (TPSA) is 58.4 Å². The zero-order valence-electron chi connectivity index (χ0n) is 13.2. The number of nitrogen functional groups attached to an aromatic ring is 1. The van der Waals surface area contributed by atoms with Crippen LogP contribution in [-0.2, 0) is 0 Å². The van der Waals surface area contributed by atoms with E-state index in [2.05, 4.69) is 24.1 Å². The first-order chi connectivity index (χ1) is 9.96. The highest BCUT2D eigenvalue weighted by atomic mass is 19.1. The Bertz CT molecular complexity index is 441. The lowest BCUT2D eigenvalue weighted by Crippen LogP contribution is -2.33. The van der Waals surface area contributed by atoms with Gasteiger partial charge >= 0.3 is 0 Å². The molecule has 1 atom stereocenters. The summed E-state index contributed by atoms with van der Waals surface area (Å²) in [5.41, 5.74) is 6.07. The fourth-order valence-corrected chi connectivity index (χ4v) is 2.28. The van der Waals surface area contributed by atoms with E-state index in [9.17, 15) is 9.18 Å². The maximum atomic E-state index is 13.2. The van der Waals surface area contributed by atoms with Gasteiger partial charge in [0.2, 0.25) is 0 Å². The molecule has 0 aliphatic rings. The standard InChI is InChI=1S/C16H26FN3O/c1-4-20(5-2)8-6-7-12(3)19-16(21)13-9-14(17)11-15(18)10-13/h9-12H,4-8,18H2,1-3H3,(H,19,21). The van der Waals surface area contributed by atoms with Crippen LogP contribution in [0.5, 0.6) is 0 Å². The number of carbonyl (C=O) groups excluding carboxylic acids is 1. The number of carbonyl (C=O) groups is 1. The number of nitrogens with zero attached hydrogens (tertiary/aromatic N) is 1. The Kier molecular flexibility index (Phi) is 7.15. The minimum absolute atomic E-state index is 0.0533. The average molecular weight is 295 g/mol. The van der Waals surface area contributed by atoms with Gasteiger partial charge in [-0.3, -0.25) is 4.79 Å². The molecule has 0 aliphatic heterocycles. The van der Waals surface area contributed by atoms with Crippen LogP contribution in [0.4, 0.5) is 10.1 Å². The predicted octanol–water partition coefficient (Wildman–Crippen LogP) is 2.65. The van der Waals surface area contributed by atoms with Crippen molar-refractivity contribution < 1.29 is 9.18 Å². The molecule has 0 aliphatic carbocycles. The summed E-state index contributed by atoms with van der Waals surface area (Å²) in [7, 11) is 0. The van der Waals surface area contributed by atoms with Crippen molar-refractivity contribution in [2.45, 2.75) is 39.7 Å². The lowest BCUT2D eigenvalue weighted by atomic mass is 10.1. The van der Waals surface area contributed by atoms with Gasteiger partial charge in [0, 0.05) is 17.3 Å². The van der Waals surface area contributed by atoms with Crippen molar-refractivity contribution in [2.24, 2.45) is 0 Å². The second-order valence-electron chi connectivity index (χ2n) is 5.32. The number of hydrogen-bond donors (Lipinski definition) is 2. The molecule has 0 heterocycles. The third-order valence-electron chi connectivity index (χ3n) is 3.57. The summed E-state index contributed by atoms with van der Waals surface area (Å²) in [5.74, 6) is -0.772. The third kappa shape index (κ3) is 6.12.